The summed E-state index contributed by atoms with van der Waals surface area (Å²) in [4.78, 5) is 0. The summed E-state index contributed by atoms with van der Waals surface area (Å²) < 4.78 is 16.3. The molecular weight excluding hydrogens is 322 g/mol. The van der Waals surface area contributed by atoms with Crippen LogP contribution in [0.1, 0.15) is 0 Å². The average Bonchev–Trinajstić information content (AvgIpc) is 2.63. The molecule has 6 N–H and O–H groups in total. The molecule has 0 aliphatic heterocycles. The molecule has 2 aromatic carbocycles. The molecule has 2 aromatic rings. The Morgan fingerprint density at radius 1 is 1.00 bits per heavy atom. The van der Waals surface area contributed by atoms with Gasteiger partial charge in [0.25, 0.3) is 0 Å². The molecule has 0 saturated carbocycles. The summed E-state index contributed by atoms with van der Waals surface area (Å²) in [5.74, 6) is 1.85. The minimum absolute atomic E-state index is 0.119. The number of aliphatic hydroxyl groups is 1. The van der Waals surface area contributed by atoms with E-state index in [0.29, 0.717) is 48.3 Å². The van der Waals surface area contributed by atoms with Crippen LogP contribution in [0.5, 0.6) is 17.2 Å². The van der Waals surface area contributed by atoms with Gasteiger partial charge in [-0.25, -0.2) is 0 Å². The Hall–Kier alpha value is -2.64. The highest BCUT2D eigenvalue weighted by molar-refractivity contribution is 5.70. The van der Waals surface area contributed by atoms with Crippen molar-refractivity contribution < 1.29 is 19.3 Å². The van der Waals surface area contributed by atoms with Crippen molar-refractivity contribution in [2.45, 2.75) is 6.10 Å². The van der Waals surface area contributed by atoms with Gasteiger partial charge in [-0.2, -0.15) is 0 Å². The summed E-state index contributed by atoms with van der Waals surface area (Å²) in [5.41, 5.74) is 12.4. The normalized spacial score (nSPS) is 11.8. The smallest absolute Gasteiger partial charge is 0.161 e. The molecular formula is C18H25N3O4. The maximum Gasteiger partial charge on any atom is 0.161 e. The third-order valence-corrected chi connectivity index (χ3v) is 3.52. The van der Waals surface area contributed by atoms with Crippen molar-refractivity contribution in [1.29, 1.82) is 0 Å². The zero-order chi connectivity index (χ0) is 18.1. The number of ether oxygens (including phenoxy) is 3. The standard InChI is InChI=1S/C18H25N3O4/c1-23-15-6-2-3-7-16(15)24-10-9-21-11-13(22)12-25-17-8-4-5-14(19)18(17)20/h2-8,13,21-22H,9-12,19-20H2,1H3. The number of hydrogen-bond acceptors (Lipinski definition) is 7. The molecule has 0 bridgehead atoms. The van der Waals surface area contributed by atoms with Crippen LogP contribution in [0.15, 0.2) is 42.5 Å². The molecule has 0 aromatic heterocycles. The van der Waals surface area contributed by atoms with Crippen LogP contribution in [0.2, 0.25) is 0 Å². The van der Waals surface area contributed by atoms with Crippen LogP contribution in [-0.2, 0) is 0 Å². The number of nitrogens with two attached hydrogens (primary N) is 2. The van der Waals surface area contributed by atoms with Crippen molar-refractivity contribution in [1.82, 2.24) is 5.32 Å². The number of rotatable bonds is 10. The van der Waals surface area contributed by atoms with E-state index in [0.717, 1.165) is 0 Å². The third-order valence-electron chi connectivity index (χ3n) is 3.52. The second kappa shape index (κ2) is 9.61. The van der Waals surface area contributed by atoms with Crippen LogP contribution < -0.4 is 31.0 Å². The van der Waals surface area contributed by atoms with E-state index in [1.54, 1.807) is 25.3 Å². The van der Waals surface area contributed by atoms with Crippen molar-refractivity contribution in [3.63, 3.8) is 0 Å². The van der Waals surface area contributed by atoms with Crippen molar-refractivity contribution in [3.05, 3.63) is 42.5 Å². The molecule has 1 atom stereocenters. The van der Waals surface area contributed by atoms with Gasteiger partial charge in [0, 0.05) is 13.1 Å². The number of benzene rings is 2. The summed E-state index contributed by atoms with van der Waals surface area (Å²) in [6.07, 6.45) is -0.674. The Kier molecular flexibility index (Phi) is 7.18. The van der Waals surface area contributed by atoms with Gasteiger partial charge in [-0.15, -0.1) is 0 Å². The zero-order valence-electron chi connectivity index (χ0n) is 14.3. The van der Waals surface area contributed by atoms with Gasteiger partial charge in [-0.05, 0) is 24.3 Å². The number of nitrogen functional groups attached to an aromatic ring is 2. The second-order valence-corrected chi connectivity index (χ2v) is 5.43. The maximum absolute atomic E-state index is 9.95. The highest BCUT2D eigenvalue weighted by atomic mass is 16.5. The molecule has 7 heteroatoms. The molecule has 2 rings (SSSR count). The van der Waals surface area contributed by atoms with Crippen LogP contribution >= 0.6 is 0 Å². The number of hydrogen-bond donors (Lipinski definition) is 4. The van der Waals surface area contributed by atoms with Crippen molar-refractivity contribution in [2.24, 2.45) is 0 Å². The van der Waals surface area contributed by atoms with Gasteiger partial charge >= 0.3 is 0 Å². The fraction of sp³-hybridized carbons (Fsp3) is 0.333. The first-order valence-corrected chi connectivity index (χ1v) is 8.03. The van der Waals surface area contributed by atoms with Crippen LogP contribution in [0, 0.1) is 0 Å². The monoisotopic (exact) mass is 347 g/mol. The first kappa shape index (κ1) is 18.7. The van der Waals surface area contributed by atoms with Crippen LogP contribution in [-0.4, -0.2) is 44.6 Å². The molecule has 0 fully saturated rings. The van der Waals surface area contributed by atoms with Gasteiger partial charge in [0.05, 0.1) is 18.5 Å². The third kappa shape index (κ3) is 5.74. The molecule has 136 valence electrons. The number of methoxy groups -OCH3 is 1. The Labute approximate surface area is 147 Å². The molecule has 0 saturated heterocycles. The van der Waals surface area contributed by atoms with E-state index in [4.69, 9.17) is 25.7 Å². The van der Waals surface area contributed by atoms with Gasteiger partial charge in [-0.1, -0.05) is 18.2 Å². The summed E-state index contributed by atoms with van der Waals surface area (Å²) in [5, 5.41) is 13.1. The largest absolute Gasteiger partial charge is 0.493 e. The van der Waals surface area contributed by atoms with Gasteiger partial charge < -0.3 is 36.1 Å². The lowest BCUT2D eigenvalue weighted by atomic mass is 10.2. The van der Waals surface area contributed by atoms with Crippen LogP contribution in [0.4, 0.5) is 11.4 Å². The van der Waals surface area contributed by atoms with E-state index in [1.807, 2.05) is 24.3 Å². The lowest BCUT2D eigenvalue weighted by Crippen LogP contribution is -2.33. The van der Waals surface area contributed by atoms with Crippen LogP contribution in [0.25, 0.3) is 0 Å². The van der Waals surface area contributed by atoms with E-state index in [-0.39, 0.29) is 6.61 Å². The highest BCUT2D eigenvalue weighted by Gasteiger charge is 2.08. The van der Waals surface area contributed by atoms with E-state index in [2.05, 4.69) is 5.32 Å². The molecule has 0 aliphatic carbocycles. The Bertz CT molecular complexity index is 667. The summed E-state index contributed by atoms with van der Waals surface area (Å²) in [6, 6.07) is 12.6. The first-order valence-electron chi connectivity index (χ1n) is 8.03. The van der Waals surface area contributed by atoms with Crippen molar-refractivity contribution in [2.75, 3.05) is 44.9 Å². The Balaban J connectivity index is 1.64. The predicted octanol–water partition coefficient (Wildman–Crippen LogP) is 1.27. The molecule has 1 unspecified atom stereocenters. The topological polar surface area (TPSA) is 112 Å². The molecule has 0 radical (unpaired) electrons. The summed E-state index contributed by atoms with van der Waals surface area (Å²) >= 11 is 0. The van der Waals surface area contributed by atoms with E-state index >= 15 is 0 Å². The van der Waals surface area contributed by atoms with E-state index in [1.165, 1.54) is 0 Å². The number of nitrogens with one attached hydrogen (secondary N) is 1. The molecule has 0 aliphatic rings. The fourth-order valence-electron chi connectivity index (χ4n) is 2.17. The van der Waals surface area contributed by atoms with Gasteiger partial charge in [0.2, 0.25) is 0 Å². The van der Waals surface area contributed by atoms with Gasteiger partial charge in [0.15, 0.2) is 11.5 Å². The van der Waals surface area contributed by atoms with Gasteiger partial charge in [0.1, 0.15) is 25.1 Å². The van der Waals surface area contributed by atoms with E-state index < -0.39 is 6.10 Å². The SMILES string of the molecule is COc1ccccc1OCCNCC(O)COc1cccc(N)c1N. The van der Waals surface area contributed by atoms with Crippen molar-refractivity contribution >= 4 is 11.4 Å². The van der Waals surface area contributed by atoms with Gasteiger partial charge in [-0.3, -0.25) is 0 Å². The molecule has 0 spiro atoms. The van der Waals surface area contributed by atoms with Crippen molar-refractivity contribution in [3.8, 4) is 17.2 Å². The minimum Gasteiger partial charge on any atom is -0.493 e. The second-order valence-electron chi connectivity index (χ2n) is 5.43. The Morgan fingerprint density at radius 3 is 2.48 bits per heavy atom. The lowest BCUT2D eigenvalue weighted by molar-refractivity contribution is 0.106. The summed E-state index contributed by atoms with van der Waals surface area (Å²) in [6.45, 7) is 1.52. The summed E-state index contributed by atoms with van der Waals surface area (Å²) in [7, 11) is 1.60. The molecule has 0 amide bonds. The van der Waals surface area contributed by atoms with E-state index in [9.17, 15) is 5.11 Å². The first-order chi connectivity index (χ1) is 12.1. The number of para-hydroxylation sites is 3. The molecule has 7 nitrogen and oxygen atoms in total. The maximum atomic E-state index is 9.95. The average molecular weight is 347 g/mol. The number of anilines is 2. The van der Waals surface area contributed by atoms with Crippen LogP contribution in [0.3, 0.4) is 0 Å². The zero-order valence-corrected chi connectivity index (χ0v) is 14.3. The number of aliphatic hydroxyl groups excluding tert-OH is 1. The Morgan fingerprint density at radius 2 is 1.72 bits per heavy atom. The highest BCUT2D eigenvalue weighted by Crippen LogP contribution is 2.27. The lowest BCUT2D eigenvalue weighted by Gasteiger charge is -2.15. The molecule has 0 heterocycles. The minimum atomic E-state index is -0.674. The molecule has 25 heavy (non-hydrogen) atoms. The predicted molar refractivity (Wildman–Crippen MR) is 98.1 cm³/mol. The quantitative estimate of drug-likeness (QED) is 0.378. The fourth-order valence-corrected chi connectivity index (χ4v) is 2.17.